The zero-order chi connectivity index (χ0) is 12.3. The maximum absolute atomic E-state index is 4.20. The molecule has 1 aromatic rings. The van der Waals surface area contributed by atoms with E-state index in [9.17, 15) is 0 Å². The molecular weight excluding hydrogens is 208 g/mol. The third-order valence-corrected chi connectivity index (χ3v) is 3.91. The van der Waals surface area contributed by atoms with Crippen molar-refractivity contribution < 1.29 is 0 Å². The first-order valence-electron chi connectivity index (χ1n) is 6.78. The van der Waals surface area contributed by atoms with Gasteiger partial charge in [-0.15, -0.1) is 0 Å². The molecule has 1 fully saturated rings. The van der Waals surface area contributed by atoms with E-state index in [2.05, 4.69) is 37.1 Å². The summed E-state index contributed by atoms with van der Waals surface area (Å²) in [6.45, 7) is 7.87. The Bertz CT molecular complexity index is 352. The monoisotopic (exact) mass is 232 g/mol. The van der Waals surface area contributed by atoms with Crippen LogP contribution in [0.1, 0.15) is 44.2 Å². The molecule has 94 valence electrons. The van der Waals surface area contributed by atoms with E-state index < -0.39 is 0 Å². The number of rotatable bonds is 3. The predicted octanol–water partition coefficient (Wildman–Crippen LogP) is 3.30. The lowest BCUT2D eigenvalue weighted by atomic mass is 9.80. The van der Waals surface area contributed by atoms with Gasteiger partial charge in [0.25, 0.3) is 0 Å². The van der Waals surface area contributed by atoms with Crippen molar-refractivity contribution >= 4 is 0 Å². The average Bonchev–Trinajstić information content (AvgIpc) is 2.27. The van der Waals surface area contributed by atoms with Crippen LogP contribution in [0.15, 0.2) is 18.5 Å². The first kappa shape index (κ1) is 12.6. The summed E-state index contributed by atoms with van der Waals surface area (Å²) in [6, 6.07) is 2.77. The number of aryl methyl sites for hydroxylation is 1. The highest BCUT2D eigenvalue weighted by molar-refractivity contribution is 5.21. The Balaban J connectivity index is 1.88. The highest BCUT2D eigenvalue weighted by atomic mass is 14.9. The summed E-state index contributed by atoms with van der Waals surface area (Å²) in [4.78, 5) is 4.20. The molecule has 0 aromatic carbocycles. The van der Waals surface area contributed by atoms with E-state index >= 15 is 0 Å². The van der Waals surface area contributed by atoms with Gasteiger partial charge in [-0.3, -0.25) is 4.98 Å². The van der Waals surface area contributed by atoms with Gasteiger partial charge in [-0.1, -0.05) is 13.8 Å². The van der Waals surface area contributed by atoms with Crippen LogP contribution in [0.5, 0.6) is 0 Å². The first-order chi connectivity index (χ1) is 8.15. The lowest BCUT2D eigenvalue weighted by molar-refractivity contribution is 0.238. The SMILES string of the molecule is Cc1ccncc1CNC1CC(C)CC(C)C1. The van der Waals surface area contributed by atoms with Crippen molar-refractivity contribution in [1.29, 1.82) is 0 Å². The second-order valence-electron chi connectivity index (χ2n) is 5.80. The molecule has 0 radical (unpaired) electrons. The van der Waals surface area contributed by atoms with Crippen molar-refractivity contribution in [3.63, 3.8) is 0 Å². The van der Waals surface area contributed by atoms with Gasteiger partial charge in [0.15, 0.2) is 0 Å². The minimum Gasteiger partial charge on any atom is -0.310 e. The van der Waals surface area contributed by atoms with Crippen LogP contribution in [0.3, 0.4) is 0 Å². The molecule has 2 atom stereocenters. The molecule has 1 aliphatic rings. The maximum atomic E-state index is 4.20. The van der Waals surface area contributed by atoms with Crippen LogP contribution in [0.25, 0.3) is 0 Å². The van der Waals surface area contributed by atoms with Crippen LogP contribution in [0, 0.1) is 18.8 Å². The van der Waals surface area contributed by atoms with E-state index in [0.717, 1.165) is 18.4 Å². The third-order valence-electron chi connectivity index (χ3n) is 3.91. The Morgan fingerprint density at radius 1 is 1.24 bits per heavy atom. The number of aromatic nitrogens is 1. The lowest BCUT2D eigenvalue weighted by Gasteiger charge is -2.32. The largest absolute Gasteiger partial charge is 0.310 e. The molecule has 0 aliphatic heterocycles. The zero-order valence-electron chi connectivity index (χ0n) is 11.2. The van der Waals surface area contributed by atoms with E-state index in [1.165, 1.54) is 30.4 Å². The van der Waals surface area contributed by atoms with E-state index in [1.54, 1.807) is 0 Å². The average molecular weight is 232 g/mol. The van der Waals surface area contributed by atoms with Gasteiger partial charge in [-0.05, 0) is 55.2 Å². The molecule has 0 bridgehead atoms. The number of hydrogen-bond acceptors (Lipinski definition) is 2. The minimum absolute atomic E-state index is 0.688. The van der Waals surface area contributed by atoms with Gasteiger partial charge in [0.2, 0.25) is 0 Å². The summed E-state index contributed by atoms with van der Waals surface area (Å²) in [7, 11) is 0. The van der Waals surface area contributed by atoms with Gasteiger partial charge in [0, 0.05) is 25.0 Å². The number of nitrogens with one attached hydrogen (secondary N) is 1. The second-order valence-corrected chi connectivity index (χ2v) is 5.80. The molecule has 0 saturated heterocycles. The van der Waals surface area contributed by atoms with Crippen molar-refractivity contribution in [2.45, 2.75) is 52.6 Å². The van der Waals surface area contributed by atoms with Gasteiger partial charge in [-0.2, -0.15) is 0 Å². The Kier molecular flexibility index (Phi) is 4.16. The standard InChI is InChI=1S/C15H24N2/c1-11-6-12(2)8-15(7-11)17-10-14-9-16-5-4-13(14)3/h4-5,9,11-12,15,17H,6-8,10H2,1-3H3. The van der Waals surface area contributed by atoms with E-state index in [1.807, 2.05) is 12.4 Å². The summed E-state index contributed by atoms with van der Waals surface area (Å²) in [5, 5.41) is 3.70. The van der Waals surface area contributed by atoms with Gasteiger partial charge < -0.3 is 5.32 Å². The van der Waals surface area contributed by atoms with Crippen LogP contribution < -0.4 is 5.32 Å². The highest BCUT2D eigenvalue weighted by Crippen LogP contribution is 2.28. The third kappa shape index (κ3) is 3.53. The molecule has 1 N–H and O–H groups in total. The Labute approximate surface area is 105 Å². The van der Waals surface area contributed by atoms with Crippen LogP contribution in [-0.2, 0) is 6.54 Å². The summed E-state index contributed by atoms with van der Waals surface area (Å²) < 4.78 is 0. The number of hydrogen-bond donors (Lipinski definition) is 1. The van der Waals surface area contributed by atoms with Crippen molar-refractivity contribution in [3.05, 3.63) is 29.6 Å². The molecule has 2 nitrogen and oxygen atoms in total. The number of pyridine rings is 1. The molecule has 2 rings (SSSR count). The van der Waals surface area contributed by atoms with Crippen molar-refractivity contribution in [3.8, 4) is 0 Å². The fourth-order valence-corrected chi connectivity index (χ4v) is 3.05. The summed E-state index contributed by atoms with van der Waals surface area (Å²) >= 11 is 0. The second kappa shape index (κ2) is 5.63. The van der Waals surface area contributed by atoms with Gasteiger partial charge in [0.05, 0.1) is 0 Å². The predicted molar refractivity (Wildman–Crippen MR) is 71.8 cm³/mol. The van der Waals surface area contributed by atoms with Gasteiger partial charge in [-0.25, -0.2) is 0 Å². The lowest BCUT2D eigenvalue weighted by Crippen LogP contribution is -2.36. The smallest absolute Gasteiger partial charge is 0.0315 e. The van der Waals surface area contributed by atoms with Crippen LogP contribution in [0.2, 0.25) is 0 Å². The highest BCUT2D eigenvalue weighted by Gasteiger charge is 2.23. The van der Waals surface area contributed by atoms with Crippen molar-refractivity contribution in [1.82, 2.24) is 10.3 Å². The topological polar surface area (TPSA) is 24.9 Å². The van der Waals surface area contributed by atoms with Gasteiger partial charge in [0.1, 0.15) is 0 Å². The maximum Gasteiger partial charge on any atom is 0.0315 e. The van der Waals surface area contributed by atoms with Crippen molar-refractivity contribution in [2.24, 2.45) is 11.8 Å². The van der Waals surface area contributed by atoms with E-state index in [0.29, 0.717) is 6.04 Å². The number of nitrogens with zero attached hydrogens (tertiary/aromatic N) is 1. The normalized spacial score (nSPS) is 29.2. The minimum atomic E-state index is 0.688. The molecular formula is C15H24N2. The van der Waals surface area contributed by atoms with Crippen molar-refractivity contribution in [2.75, 3.05) is 0 Å². The van der Waals surface area contributed by atoms with E-state index in [-0.39, 0.29) is 0 Å². The summed E-state index contributed by atoms with van der Waals surface area (Å²) in [5.41, 5.74) is 2.67. The molecule has 2 unspecified atom stereocenters. The fraction of sp³-hybridized carbons (Fsp3) is 0.667. The molecule has 1 heterocycles. The van der Waals surface area contributed by atoms with Gasteiger partial charge >= 0.3 is 0 Å². The zero-order valence-corrected chi connectivity index (χ0v) is 11.2. The fourth-order valence-electron chi connectivity index (χ4n) is 3.05. The van der Waals surface area contributed by atoms with Crippen LogP contribution >= 0.6 is 0 Å². The summed E-state index contributed by atoms with van der Waals surface area (Å²) in [6.07, 6.45) is 7.89. The molecule has 0 amide bonds. The van der Waals surface area contributed by atoms with E-state index in [4.69, 9.17) is 0 Å². The molecule has 2 heteroatoms. The molecule has 1 aliphatic carbocycles. The Morgan fingerprint density at radius 3 is 2.59 bits per heavy atom. The first-order valence-corrected chi connectivity index (χ1v) is 6.78. The Hall–Kier alpha value is -0.890. The molecule has 0 spiro atoms. The molecule has 1 saturated carbocycles. The van der Waals surface area contributed by atoms with Crippen LogP contribution in [-0.4, -0.2) is 11.0 Å². The molecule has 1 aromatic heterocycles. The summed E-state index contributed by atoms with van der Waals surface area (Å²) in [5.74, 6) is 1.73. The van der Waals surface area contributed by atoms with Crippen LogP contribution in [0.4, 0.5) is 0 Å². The Morgan fingerprint density at radius 2 is 1.94 bits per heavy atom. The molecule has 17 heavy (non-hydrogen) atoms. The quantitative estimate of drug-likeness (QED) is 0.865.